The molecule has 3 heteroatoms. The number of hydrogen-bond donors (Lipinski definition) is 0. The van der Waals surface area contributed by atoms with Crippen molar-refractivity contribution in [3.63, 3.8) is 0 Å². The molecule has 1 saturated carbocycles. The van der Waals surface area contributed by atoms with Crippen molar-refractivity contribution >= 4 is 5.78 Å². The van der Waals surface area contributed by atoms with E-state index in [9.17, 15) is 4.79 Å². The summed E-state index contributed by atoms with van der Waals surface area (Å²) in [6, 6.07) is 0. The maximum absolute atomic E-state index is 11.1. The van der Waals surface area contributed by atoms with Gasteiger partial charge in [-0.05, 0) is 20.3 Å². The van der Waals surface area contributed by atoms with Gasteiger partial charge < -0.3 is 9.47 Å². The molecule has 1 aliphatic carbocycles. The molecular weight excluding hydrogens is 168 g/mol. The molecule has 0 amide bonds. The number of carbonyl (C=O) groups is 1. The van der Waals surface area contributed by atoms with Gasteiger partial charge in [0.1, 0.15) is 6.10 Å². The van der Waals surface area contributed by atoms with Gasteiger partial charge in [0.05, 0.1) is 12.2 Å². The monoisotopic (exact) mass is 186 g/mol. The van der Waals surface area contributed by atoms with E-state index < -0.39 is 0 Å². The number of rotatable bonds is 5. The Morgan fingerprint density at radius 1 is 1.54 bits per heavy atom. The van der Waals surface area contributed by atoms with Crippen LogP contribution in [0.25, 0.3) is 0 Å². The standard InChI is InChI=1S/C10H18O3/c1-4-5-12-10-8(11)6-9(10)13-7(2)3/h7,9-10H,4-6H2,1-3H3. The second-order valence-corrected chi connectivity index (χ2v) is 3.69. The highest BCUT2D eigenvalue weighted by atomic mass is 16.6. The molecule has 0 aliphatic heterocycles. The third-order valence-electron chi connectivity index (χ3n) is 2.01. The van der Waals surface area contributed by atoms with Gasteiger partial charge in [0.15, 0.2) is 5.78 Å². The Morgan fingerprint density at radius 2 is 2.23 bits per heavy atom. The molecule has 1 fully saturated rings. The first-order valence-electron chi connectivity index (χ1n) is 4.95. The van der Waals surface area contributed by atoms with E-state index in [-0.39, 0.29) is 24.1 Å². The average Bonchev–Trinajstić information content (AvgIpc) is 2.03. The van der Waals surface area contributed by atoms with Crippen molar-refractivity contribution in [2.45, 2.75) is 51.9 Å². The smallest absolute Gasteiger partial charge is 0.166 e. The molecule has 2 unspecified atom stereocenters. The molecule has 0 radical (unpaired) electrons. The van der Waals surface area contributed by atoms with Crippen LogP contribution in [0.3, 0.4) is 0 Å². The second-order valence-electron chi connectivity index (χ2n) is 3.69. The van der Waals surface area contributed by atoms with Crippen molar-refractivity contribution in [1.29, 1.82) is 0 Å². The van der Waals surface area contributed by atoms with Gasteiger partial charge in [0.2, 0.25) is 0 Å². The fourth-order valence-corrected chi connectivity index (χ4v) is 1.38. The molecule has 1 rings (SSSR count). The maximum atomic E-state index is 11.1. The zero-order chi connectivity index (χ0) is 9.84. The highest BCUT2D eigenvalue weighted by Crippen LogP contribution is 2.24. The van der Waals surface area contributed by atoms with E-state index in [2.05, 4.69) is 0 Å². The first-order chi connectivity index (χ1) is 6.15. The first-order valence-corrected chi connectivity index (χ1v) is 4.95. The van der Waals surface area contributed by atoms with Crippen molar-refractivity contribution < 1.29 is 14.3 Å². The number of ether oxygens (including phenoxy) is 2. The Morgan fingerprint density at radius 3 is 2.69 bits per heavy atom. The fraction of sp³-hybridized carbons (Fsp3) is 0.900. The van der Waals surface area contributed by atoms with E-state index >= 15 is 0 Å². The Bertz CT molecular complexity index is 177. The van der Waals surface area contributed by atoms with E-state index in [0.29, 0.717) is 13.0 Å². The zero-order valence-electron chi connectivity index (χ0n) is 8.58. The minimum atomic E-state index is -0.289. The number of Topliss-reactive ketones (excluding diaryl/α,β-unsaturated/α-hetero) is 1. The molecule has 0 saturated heterocycles. The molecule has 0 spiro atoms. The Hall–Kier alpha value is -0.410. The van der Waals surface area contributed by atoms with Crippen LogP contribution in [0.2, 0.25) is 0 Å². The van der Waals surface area contributed by atoms with E-state index in [1.54, 1.807) is 0 Å². The van der Waals surface area contributed by atoms with E-state index in [4.69, 9.17) is 9.47 Å². The van der Waals surface area contributed by atoms with Gasteiger partial charge in [-0.3, -0.25) is 4.79 Å². The lowest BCUT2D eigenvalue weighted by molar-refractivity contribution is -0.171. The fourth-order valence-electron chi connectivity index (χ4n) is 1.38. The maximum Gasteiger partial charge on any atom is 0.166 e. The lowest BCUT2D eigenvalue weighted by Crippen LogP contribution is -2.51. The minimum Gasteiger partial charge on any atom is -0.372 e. The molecule has 0 aromatic heterocycles. The predicted molar refractivity (Wildman–Crippen MR) is 49.7 cm³/mol. The third-order valence-corrected chi connectivity index (χ3v) is 2.01. The Balaban J connectivity index is 2.28. The van der Waals surface area contributed by atoms with Crippen LogP contribution >= 0.6 is 0 Å². The first kappa shape index (κ1) is 10.7. The Labute approximate surface area is 79.4 Å². The normalized spacial score (nSPS) is 27.8. The number of hydrogen-bond acceptors (Lipinski definition) is 3. The van der Waals surface area contributed by atoms with Crippen molar-refractivity contribution in [2.24, 2.45) is 0 Å². The topological polar surface area (TPSA) is 35.5 Å². The summed E-state index contributed by atoms with van der Waals surface area (Å²) in [4.78, 5) is 11.1. The van der Waals surface area contributed by atoms with Crippen LogP contribution in [0.1, 0.15) is 33.6 Å². The summed E-state index contributed by atoms with van der Waals surface area (Å²) in [6.07, 6.45) is 1.34. The third kappa shape index (κ3) is 2.78. The zero-order valence-corrected chi connectivity index (χ0v) is 8.58. The summed E-state index contributed by atoms with van der Waals surface area (Å²) in [5.41, 5.74) is 0. The summed E-state index contributed by atoms with van der Waals surface area (Å²) in [7, 11) is 0. The summed E-state index contributed by atoms with van der Waals surface area (Å²) in [6.45, 7) is 6.62. The van der Waals surface area contributed by atoms with Crippen molar-refractivity contribution in [2.75, 3.05) is 6.61 Å². The van der Waals surface area contributed by atoms with E-state index in [1.165, 1.54) is 0 Å². The molecule has 0 heterocycles. The lowest BCUT2D eigenvalue weighted by atomic mass is 9.90. The van der Waals surface area contributed by atoms with Crippen molar-refractivity contribution in [3.8, 4) is 0 Å². The van der Waals surface area contributed by atoms with Crippen LogP contribution in [-0.4, -0.2) is 30.7 Å². The van der Waals surface area contributed by atoms with Crippen LogP contribution in [0.15, 0.2) is 0 Å². The largest absolute Gasteiger partial charge is 0.372 e. The van der Waals surface area contributed by atoms with Crippen LogP contribution < -0.4 is 0 Å². The number of carbonyl (C=O) groups excluding carboxylic acids is 1. The summed E-state index contributed by atoms with van der Waals surface area (Å²) in [5.74, 6) is 0.180. The quantitative estimate of drug-likeness (QED) is 0.653. The molecule has 1 aliphatic rings. The minimum absolute atomic E-state index is 0.000880. The highest BCUT2D eigenvalue weighted by Gasteiger charge is 2.41. The van der Waals surface area contributed by atoms with Gasteiger partial charge >= 0.3 is 0 Å². The van der Waals surface area contributed by atoms with Crippen LogP contribution in [0, 0.1) is 0 Å². The van der Waals surface area contributed by atoms with E-state index in [1.807, 2.05) is 20.8 Å². The summed E-state index contributed by atoms with van der Waals surface area (Å²) >= 11 is 0. The van der Waals surface area contributed by atoms with Gasteiger partial charge in [0.25, 0.3) is 0 Å². The Kier molecular flexibility index (Phi) is 3.88. The molecule has 0 N–H and O–H groups in total. The molecule has 0 aromatic carbocycles. The van der Waals surface area contributed by atoms with Gasteiger partial charge in [-0.15, -0.1) is 0 Å². The van der Waals surface area contributed by atoms with Crippen molar-refractivity contribution in [1.82, 2.24) is 0 Å². The second kappa shape index (κ2) is 4.72. The predicted octanol–water partition coefficient (Wildman–Crippen LogP) is 1.55. The molecule has 3 nitrogen and oxygen atoms in total. The van der Waals surface area contributed by atoms with E-state index in [0.717, 1.165) is 6.42 Å². The highest BCUT2D eigenvalue weighted by molar-refractivity contribution is 5.90. The van der Waals surface area contributed by atoms with Crippen LogP contribution in [0.5, 0.6) is 0 Å². The van der Waals surface area contributed by atoms with Crippen LogP contribution in [0.4, 0.5) is 0 Å². The summed E-state index contributed by atoms with van der Waals surface area (Å²) in [5, 5.41) is 0. The summed E-state index contributed by atoms with van der Waals surface area (Å²) < 4.78 is 10.9. The average molecular weight is 186 g/mol. The molecule has 0 bridgehead atoms. The number of ketones is 1. The van der Waals surface area contributed by atoms with Crippen LogP contribution in [-0.2, 0) is 14.3 Å². The molecule has 0 aromatic rings. The van der Waals surface area contributed by atoms with Crippen molar-refractivity contribution in [3.05, 3.63) is 0 Å². The lowest BCUT2D eigenvalue weighted by Gasteiger charge is -2.35. The molecule has 13 heavy (non-hydrogen) atoms. The SMILES string of the molecule is CCCOC1C(=O)CC1OC(C)C. The molecule has 2 atom stereocenters. The van der Waals surface area contributed by atoms with Gasteiger partial charge in [-0.2, -0.15) is 0 Å². The van der Waals surface area contributed by atoms with Gasteiger partial charge in [-0.25, -0.2) is 0 Å². The van der Waals surface area contributed by atoms with Gasteiger partial charge in [-0.1, -0.05) is 6.92 Å². The molecular formula is C10H18O3. The molecule has 76 valence electrons. The van der Waals surface area contributed by atoms with Gasteiger partial charge in [0, 0.05) is 13.0 Å².